The number of ether oxygens (including phenoxy) is 1. The van der Waals surface area contributed by atoms with Crippen LogP contribution in [0.4, 0.5) is 5.82 Å². The number of nitrogens with one attached hydrogen (secondary N) is 2. The molecule has 2 N–H and O–H groups in total. The molecule has 7 heteroatoms. The van der Waals surface area contributed by atoms with E-state index in [4.69, 9.17) is 4.74 Å². The van der Waals surface area contributed by atoms with Crippen molar-refractivity contribution in [2.75, 3.05) is 12.4 Å². The van der Waals surface area contributed by atoms with Crippen molar-refractivity contribution in [2.24, 2.45) is 7.05 Å². The van der Waals surface area contributed by atoms with Gasteiger partial charge in [-0.1, -0.05) is 0 Å². The molecule has 3 aromatic rings. The number of anilines is 1. The lowest BCUT2D eigenvalue weighted by Gasteiger charge is -2.23. The maximum Gasteiger partial charge on any atom is 0.226 e. The van der Waals surface area contributed by atoms with E-state index in [1.54, 1.807) is 18.0 Å². The van der Waals surface area contributed by atoms with Gasteiger partial charge in [0, 0.05) is 36.1 Å². The monoisotopic (exact) mass is 323 g/mol. The Morgan fingerprint density at radius 2 is 2.00 bits per heavy atom. The number of H-pyrrole nitrogens is 1. The third kappa shape index (κ3) is 2.25. The minimum atomic E-state index is -0.0710. The SMILES string of the molecule is COc1ccc(-c2[nH]ncc2C2CC(=O)Nc3c2cnn3C)cc1. The molecule has 1 unspecified atom stereocenters. The Balaban J connectivity index is 1.78. The summed E-state index contributed by atoms with van der Waals surface area (Å²) >= 11 is 0. The van der Waals surface area contributed by atoms with Crippen LogP contribution in [0.3, 0.4) is 0 Å². The summed E-state index contributed by atoms with van der Waals surface area (Å²) in [5, 5.41) is 14.4. The highest BCUT2D eigenvalue weighted by Gasteiger charge is 2.31. The van der Waals surface area contributed by atoms with E-state index in [9.17, 15) is 4.79 Å². The van der Waals surface area contributed by atoms with Crippen molar-refractivity contribution < 1.29 is 9.53 Å². The average Bonchev–Trinajstić information content (AvgIpc) is 3.22. The maximum absolute atomic E-state index is 12.1. The molecule has 3 heterocycles. The van der Waals surface area contributed by atoms with Gasteiger partial charge in [-0.3, -0.25) is 14.6 Å². The predicted molar refractivity (Wildman–Crippen MR) is 88.9 cm³/mol. The number of nitrogens with zero attached hydrogens (tertiary/aromatic N) is 3. The normalized spacial score (nSPS) is 16.6. The van der Waals surface area contributed by atoms with E-state index in [2.05, 4.69) is 20.6 Å². The van der Waals surface area contributed by atoms with Crippen LogP contribution in [-0.2, 0) is 11.8 Å². The number of carbonyl (C=O) groups is 1. The fourth-order valence-corrected chi connectivity index (χ4v) is 3.17. The maximum atomic E-state index is 12.1. The summed E-state index contributed by atoms with van der Waals surface area (Å²) in [4.78, 5) is 12.1. The lowest BCUT2D eigenvalue weighted by atomic mass is 9.86. The molecule has 122 valence electrons. The van der Waals surface area contributed by atoms with E-state index in [0.29, 0.717) is 6.42 Å². The first-order valence-electron chi connectivity index (χ1n) is 7.67. The van der Waals surface area contributed by atoms with E-state index < -0.39 is 0 Å². The molecule has 1 aliphatic rings. The van der Waals surface area contributed by atoms with Gasteiger partial charge in [0.25, 0.3) is 0 Å². The van der Waals surface area contributed by atoms with E-state index in [1.807, 2.05) is 37.5 Å². The zero-order valence-electron chi connectivity index (χ0n) is 13.4. The number of hydrogen-bond acceptors (Lipinski definition) is 4. The minimum Gasteiger partial charge on any atom is -0.497 e. The fraction of sp³-hybridized carbons (Fsp3) is 0.235. The van der Waals surface area contributed by atoms with Crippen LogP contribution >= 0.6 is 0 Å². The Morgan fingerprint density at radius 3 is 2.75 bits per heavy atom. The number of carbonyl (C=O) groups excluding carboxylic acids is 1. The molecule has 24 heavy (non-hydrogen) atoms. The molecule has 1 aliphatic heterocycles. The van der Waals surface area contributed by atoms with Gasteiger partial charge in [0.1, 0.15) is 11.6 Å². The molecule has 0 saturated carbocycles. The molecule has 0 aliphatic carbocycles. The van der Waals surface area contributed by atoms with Gasteiger partial charge in [0.2, 0.25) is 5.91 Å². The van der Waals surface area contributed by atoms with Crippen molar-refractivity contribution in [3.8, 4) is 17.0 Å². The highest BCUT2D eigenvalue weighted by molar-refractivity contribution is 5.94. The van der Waals surface area contributed by atoms with E-state index in [-0.39, 0.29) is 11.8 Å². The number of methoxy groups -OCH3 is 1. The van der Waals surface area contributed by atoms with Crippen molar-refractivity contribution in [2.45, 2.75) is 12.3 Å². The highest BCUT2D eigenvalue weighted by Crippen LogP contribution is 2.40. The van der Waals surface area contributed by atoms with Crippen molar-refractivity contribution in [3.05, 3.63) is 47.8 Å². The number of aromatic amines is 1. The standard InChI is InChI=1S/C17H17N5O2/c1-22-17-14(9-19-22)12(7-15(23)20-17)13-8-18-21-16(13)10-3-5-11(24-2)6-4-10/h3-6,8-9,12H,7H2,1-2H3,(H,18,21)(H,20,23). The van der Waals surface area contributed by atoms with Gasteiger partial charge < -0.3 is 10.1 Å². The summed E-state index contributed by atoms with van der Waals surface area (Å²) in [5.74, 6) is 1.46. The third-order valence-corrected chi connectivity index (χ3v) is 4.41. The first kappa shape index (κ1) is 14.5. The van der Waals surface area contributed by atoms with Crippen molar-refractivity contribution >= 4 is 11.7 Å². The van der Waals surface area contributed by atoms with Gasteiger partial charge in [0.05, 0.1) is 25.2 Å². The number of benzene rings is 1. The van der Waals surface area contributed by atoms with Gasteiger partial charge >= 0.3 is 0 Å². The molecule has 0 bridgehead atoms. The molecule has 7 nitrogen and oxygen atoms in total. The van der Waals surface area contributed by atoms with Gasteiger partial charge in [-0.15, -0.1) is 0 Å². The van der Waals surface area contributed by atoms with Crippen LogP contribution in [0.15, 0.2) is 36.7 Å². The van der Waals surface area contributed by atoms with Crippen LogP contribution in [0.25, 0.3) is 11.3 Å². The molecule has 0 saturated heterocycles. The topological polar surface area (TPSA) is 84.8 Å². The van der Waals surface area contributed by atoms with Gasteiger partial charge in [-0.25, -0.2) is 0 Å². The Hall–Kier alpha value is -3.09. The van der Waals surface area contributed by atoms with E-state index in [1.165, 1.54) is 0 Å². The molecule has 4 rings (SSSR count). The number of rotatable bonds is 3. The van der Waals surface area contributed by atoms with Crippen LogP contribution in [0.5, 0.6) is 5.75 Å². The van der Waals surface area contributed by atoms with Crippen LogP contribution in [0, 0.1) is 0 Å². The number of fused-ring (bicyclic) bond motifs is 1. The Morgan fingerprint density at radius 1 is 1.21 bits per heavy atom. The molecule has 0 spiro atoms. The predicted octanol–water partition coefficient (Wildman–Crippen LogP) is 2.29. The summed E-state index contributed by atoms with van der Waals surface area (Å²) in [7, 11) is 3.46. The molecule has 1 atom stereocenters. The molecule has 1 amide bonds. The first-order valence-corrected chi connectivity index (χ1v) is 7.67. The second kappa shape index (κ2) is 5.52. The second-order valence-electron chi connectivity index (χ2n) is 5.81. The minimum absolute atomic E-state index is 0.0158. The van der Waals surface area contributed by atoms with E-state index in [0.717, 1.165) is 34.0 Å². The number of amides is 1. The molecule has 0 radical (unpaired) electrons. The molecule has 2 aromatic heterocycles. The smallest absolute Gasteiger partial charge is 0.226 e. The van der Waals surface area contributed by atoms with Crippen molar-refractivity contribution in [3.63, 3.8) is 0 Å². The quantitative estimate of drug-likeness (QED) is 0.774. The average molecular weight is 323 g/mol. The zero-order valence-corrected chi connectivity index (χ0v) is 13.4. The number of hydrogen-bond donors (Lipinski definition) is 2. The van der Waals surface area contributed by atoms with Crippen molar-refractivity contribution in [1.29, 1.82) is 0 Å². The van der Waals surface area contributed by atoms with Gasteiger partial charge in [-0.05, 0) is 24.3 Å². The molecular formula is C17H17N5O2. The third-order valence-electron chi connectivity index (χ3n) is 4.41. The summed E-state index contributed by atoms with van der Waals surface area (Å²) < 4.78 is 6.89. The Kier molecular flexibility index (Phi) is 3.34. The summed E-state index contributed by atoms with van der Waals surface area (Å²) in [5.41, 5.74) is 3.91. The van der Waals surface area contributed by atoms with Crippen LogP contribution < -0.4 is 10.1 Å². The molecule has 0 fully saturated rings. The Labute approximate surface area is 138 Å². The Bertz CT molecular complexity index is 894. The lowest BCUT2D eigenvalue weighted by Crippen LogP contribution is -2.24. The van der Waals surface area contributed by atoms with E-state index >= 15 is 0 Å². The largest absolute Gasteiger partial charge is 0.497 e. The van der Waals surface area contributed by atoms with Gasteiger partial charge in [0.15, 0.2) is 0 Å². The highest BCUT2D eigenvalue weighted by atomic mass is 16.5. The van der Waals surface area contributed by atoms with Crippen LogP contribution in [-0.4, -0.2) is 33.0 Å². The van der Waals surface area contributed by atoms with Gasteiger partial charge in [-0.2, -0.15) is 10.2 Å². The van der Waals surface area contributed by atoms with Crippen molar-refractivity contribution in [1.82, 2.24) is 20.0 Å². The summed E-state index contributed by atoms with van der Waals surface area (Å²) in [6.07, 6.45) is 3.98. The second-order valence-corrected chi connectivity index (χ2v) is 5.81. The number of aryl methyl sites for hydroxylation is 1. The molecular weight excluding hydrogens is 306 g/mol. The molecule has 1 aromatic carbocycles. The van der Waals surface area contributed by atoms with Crippen LogP contribution in [0.1, 0.15) is 23.5 Å². The lowest BCUT2D eigenvalue weighted by molar-refractivity contribution is -0.116. The van der Waals surface area contributed by atoms with Crippen LogP contribution in [0.2, 0.25) is 0 Å². The fourth-order valence-electron chi connectivity index (χ4n) is 3.17. The first-order chi connectivity index (χ1) is 11.7. The summed E-state index contributed by atoms with van der Waals surface area (Å²) in [6, 6.07) is 7.76. The number of aromatic nitrogens is 4. The zero-order chi connectivity index (χ0) is 16.7. The summed E-state index contributed by atoms with van der Waals surface area (Å²) in [6.45, 7) is 0.